The van der Waals surface area contributed by atoms with Crippen molar-refractivity contribution in [2.75, 3.05) is 26.2 Å². The molecule has 2 rings (SSSR count). The fourth-order valence-corrected chi connectivity index (χ4v) is 2.60. The Hall–Kier alpha value is -1.33. The van der Waals surface area contributed by atoms with Crippen LogP contribution in [0.2, 0.25) is 0 Å². The van der Waals surface area contributed by atoms with Gasteiger partial charge in [0.15, 0.2) is 11.6 Å². The van der Waals surface area contributed by atoms with Gasteiger partial charge in [0.1, 0.15) is 5.82 Å². The quantitative estimate of drug-likeness (QED) is 0.660. The molecule has 1 aliphatic rings. The standard InChI is InChI=1S/C15H19F3N2/c1-2-3-4-15(20-7-5-19-6-8-20)11-9-13(17)14(18)10-12(11)16/h2,9-10,15,19H,1,3-8H2/t15-/m1/s1. The molecule has 5 heteroatoms. The van der Waals surface area contributed by atoms with Gasteiger partial charge in [-0.2, -0.15) is 0 Å². The molecular weight excluding hydrogens is 265 g/mol. The van der Waals surface area contributed by atoms with Gasteiger partial charge in [-0.05, 0) is 18.9 Å². The zero-order valence-corrected chi connectivity index (χ0v) is 11.3. The minimum absolute atomic E-state index is 0.229. The van der Waals surface area contributed by atoms with Gasteiger partial charge in [-0.15, -0.1) is 6.58 Å². The summed E-state index contributed by atoms with van der Waals surface area (Å²) in [4.78, 5) is 2.11. The van der Waals surface area contributed by atoms with Crippen molar-refractivity contribution in [3.8, 4) is 0 Å². The molecule has 20 heavy (non-hydrogen) atoms. The number of benzene rings is 1. The molecule has 1 saturated heterocycles. The monoisotopic (exact) mass is 284 g/mol. The van der Waals surface area contributed by atoms with Crippen molar-refractivity contribution < 1.29 is 13.2 Å². The van der Waals surface area contributed by atoms with Gasteiger partial charge in [0.2, 0.25) is 0 Å². The van der Waals surface area contributed by atoms with Gasteiger partial charge < -0.3 is 5.32 Å². The van der Waals surface area contributed by atoms with E-state index in [1.54, 1.807) is 6.08 Å². The molecule has 0 saturated carbocycles. The van der Waals surface area contributed by atoms with Crippen molar-refractivity contribution in [1.29, 1.82) is 0 Å². The number of piperazine rings is 1. The number of hydrogen-bond donors (Lipinski definition) is 1. The van der Waals surface area contributed by atoms with Crippen LogP contribution in [-0.4, -0.2) is 31.1 Å². The summed E-state index contributed by atoms with van der Waals surface area (Å²) in [6.45, 7) is 6.83. The highest BCUT2D eigenvalue weighted by molar-refractivity contribution is 5.24. The van der Waals surface area contributed by atoms with E-state index in [4.69, 9.17) is 0 Å². The highest BCUT2D eigenvalue weighted by Crippen LogP contribution is 2.29. The van der Waals surface area contributed by atoms with Crippen LogP contribution in [0.3, 0.4) is 0 Å². The Morgan fingerprint density at radius 1 is 1.15 bits per heavy atom. The van der Waals surface area contributed by atoms with Gasteiger partial charge in [0, 0.05) is 43.9 Å². The SMILES string of the molecule is C=CCC[C@H](c1cc(F)c(F)cc1F)N1CCNCC1. The first-order chi connectivity index (χ1) is 9.63. The lowest BCUT2D eigenvalue weighted by atomic mass is 9.98. The first kappa shape index (κ1) is 15.1. The minimum atomic E-state index is -1.14. The van der Waals surface area contributed by atoms with Crippen molar-refractivity contribution in [2.45, 2.75) is 18.9 Å². The molecule has 0 bridgehead atoms. The van der Waals surface area contributed by atoms with Gasteiger partial charge in [-0.25, -0.2) is 13.2 Å². The summed E-state index contributed by atoms with van der Waals surface area (Å²) in [5.41, 5.74) is 0.229. The fourth-order valence-electron chi connectivity index (χ4n) is 2.60. The van der Waals surface area contributed by atoms with E-state index in [2.05, 4.69) is 16.8 Å². The third kappa shape index (κ3) is 3.41. The molecule has 1 aromatic carbocycles. The van der Waals surface area contributed by atoms with Crippen molar-refractivity contribution in [3.05, 3.63) is 47.8 Å². The predicted molar refractivity (Wildman–Crippen MR) is 72.9 cm³/mol. The van der Waals surface area contributed by atoms with Crippen LogP contribution in [0.25, 0.3) is 0 Å². The average Bonchev–Trinajstić information content (AvgIpc) is 2.45. The second-order valence-corrected chi connectivity index (χ2v) is 4.96. The summed E-state index contributed by atoms with van der Waals surface area (Å²) in [6, 6.07) is 1.37. The Balaban J connectivity index is 2.29. The zero-order valence-electron chi connectivity index (χ0n) is 11.3. The molecule has 0 aliphatic carbocycles. The number of halogens is 3. The van der Waals surface area contributed by atoms with Gasteiger partial charge in [0.05, 0.1) is 0 Å². The van der Waals surface area contributed by atoms with Crippen molar-refractivity contribution >= 4 is 0 Å². The van der Waals surface area contributed by atoms with Crippen molar-refractivity contribution in [3.63, 3.8) is 0 Å². The Morgan fingerprint density at radius 3 is 2.45 bits per heavy atom. The minimum Gasteiger partial charge on any atom is -0.314 e. The lowest BCUT2D eigenvalue weighted by Gasteiger charge is -2.35. The van der Waals surface area contributed by atoms with E-state index in [1.807, 2.05) is 0 Å². The van der Waals surface area contributed by atoms with Crippen LogP contribution in [0.15, 0.2) is 24.8 Å². The van der Waals surface area contributed by atoms with Gasteiger partial charge >= 0.3 is 0 Å². The maximum Gasteiger partial charge on any atom is 0.161 e. The van der Waals surface area contributed by atoms with E-state index in [-0.39, 0.29) is 11.6 Å². The van der Waals surface area contributed by atoms with E-state index < -0.39 is 17.5 Å². The number of rotatable bonds is 5. The second-order valence-electron chi connectivity index (χ2n) is 4.96. The summed E-state index contributed by atoms with van der Waals surface area (Å²) in [7, 11) is 0. The van der Waals surface area contributed by atoms with Gasteiger partial charge in [-0.1, -0.05) is 6.08 Å². The van der Waals surface area contributed by atoms with Gasteiger partial charge in [-0.3, -0.25) is 4.90 Å². The fraction of sp³-hybridized carbons (Fsp3) is 0.467. The topological polar surface area (TPSA) is 15.3 Å². The molecule has 1 atom stereocenters. The third-order valence-corrected chi connectivity index (χ3v) is 3.64. The van der Waals surface area contributed by atoms with E-state index in [0.717, 1.165) is 32.2 Å². The molecule has 0 unspecified atom stereocenters. The Kier molecular flexibility index (Phi) is 5.20. The van der Waals surface area contributed by atoms with Crippen LogP contribution >= 0.6 is 0 Å². The summed E-state index contributed by atoms with van der Waals surface area (Å²) in [5.74, 6) is -2.83. The maximum atomic E-state index is 14.0. The lowest BCUT2D eigenvalue weighted by molar-refractivity contribution is 0.162. The molecule has 110 valence electrons. The van der Waals surface area contributed by atoms with Crippen LogP contribution in [0.4, 0.5) is 13.2 Å². The van der Waals surface area contributed by atoms with E-state index in [1.165, 1.54) is 0 Å². The molecule has 1 aromatic rings. The Morgan fingerprint density at radius 2 is 1.80 bits per heavy atom. The molecule has 2 nitrogen and oxygen atoms in total. The maximum absolute atomic E-state index is 14.0. The Labute approximate surface area is 117 Å². The highest BCUT2D eigenvalue weighted by Gasteiger charge is 2.25. The molecule has 0 radical (unpaired) electrons. The van der Waals surface area contributed by atoms with Crippen LogP contribution in [0.5, 0.6) is 0 Å². The summed E-state index contributed by atoms with van der Waals surface area (Å²) in [6.07, 6.45) is 3.10. The molecular formula is C15H19F3N2. The van der Waals surface area contributed by atoms with Crippen LogP contribution in [0.1, 0.15) is 24.4 Å². The average molecular weight is 284 g/mol. The first-order valence-electron chi connectivity index (χ1n) is 6.83. The summed E-state index contributed by atoms with van der Waals surface area (Å²) >= 11 is 0. The molecule has 1 fully saturated rings. The lowest BCUT2D eigenvalue weighted by Crippen LogP contribution is -2.45. The Bertz CT molecular complexity index is 470. The molecule has 0 amide bonds. The molecule has 1 heterocycles. The number of nitrogens with one attached hydrogen (secondary N) is 1. The second kappa shape index (κ2) is 6.90. The first-order valence-corrected chi connectivity index (χ1v) is 6.83. The highest BCUT2D eigenvalue weighted by atomic mass is 19.2. The van der Waals surface area contributed by atoms with Crippen LogP contribution < -0.4 is 5.32 Å². The third-order valence-electron chi connectivity index (χ3n) is 3.64. The molecule has 1 N–H and O–H groups in total. The smallest absolute Gasteiger partial charge is 0.161 e. The zero-order chi connectivity index (χ0) is 14.5. The molecule has 1 aliphatic heterocycles. The van der Waals surface area contributed by atoms with Crippen LogP contribution in [0, 0.1) is 17.5 Å². The van der Waals surface area contributed by atoms with Crippen molar-refractivity contribution in [2.24, 2.45) is 0 Å². The van der Waals surface area contributed by atoms with Gasteiger partial charge in [0.25, 0.3) is 0 Å². The van der Waals surface area contributed by atoms with E-state index in [9.17, 15) is 13.2 Å². The number of allylic oxidation sites excluding steroid dienone is 1. The molecule has 0 aromatic heterocycles. The summed E-state index contributed by atoms with van der Waals surface area (Å²) < 4.78 is 40.5. The number of nitrogens with zero attached hydrogens (tertiary/aromatic N) is 1. The normalized spacial score (nSPS) is 17.9. The predicted octanol–water partition coefficient (Wildman–Crippen LogP) is 3.02. The van der Waals surface area contributed by atoms with Crippen LogP contribution in [-0.2, 0) is 0 Å². The van der Waals surface area contributed by atoms with E-state index >= 15 is 0 Å². The largest absolute Gasteiger partial charge is 0.314 e. The van der Waals surface area contributed by atoms with E-state index in [0.29, 0.717) is 18.9 Å². The molecule has 0 spiro atoms. The van der Waals surface area contributed by atoms with Crippen molar-refractivity contribution in [1.82, 2.24) is 10.2 Å². The number of hydrogen-bond acceptors (Lipinski definition) is 2. The summed E-state index contributed by atoms with van der Waals surface area (Å²) in [5, 5.41) is 3.22.